The predicted octanol–water partition coefficient (Wildman–Crippen LogP) is 2.87. The van der Waals surface area contributed by atoms with Gasteiger partial charge in [0.25, 0.3) is 12.5 Å². The molecule has 1 aromatic rings. The van der Waals surface area contributed by atoms with E-state index in [2.05, 4.69) is 15.5 Å². The average molecular weight is 553 g/mol. The fourth-order valence-corrected chi connectivity index (χ4v) is 5.22. The lowest BCUT2D eigenvalue weighted by atomic mass is 9.80. The van der Waals surface area contributed by atoms with Crippen LogP contribution in [-0.2, 0) is 24.6 Å². The molecule has 4 atom stereocenters. The molecule has 3 aliphatic rings. The number of nitrogens with zero attached hydrogens (tertiary/aromatic N) is 2. The molecule has 1 aromatic carbocycles. The summed E-state index contributed by atoms with van der Waals surface area (Å²) in [6.07, 6.45) is -6.33. The Balaban J connectivity index is 1.61. The molecule has 39 heavy (non-hydrogen) atoms. The van der Waals surface area contributed by atoms with E-state index >= 15 is 0 Å². The fourth-order valence-electron chi connectivity index (χ4n) is 5.22. The number of hydrogen-bond donors (Lipinski definition) is 3. The Morgan fingerprint density at radius 1 is 1.18 bits per heavy atom. The van der Waals surface area contributed by atoms with Crippen LogP contribution in [0.3, 0.4) is 0 Å². The summed E-state index contributed by atoms with van der Waals surface area (Å²) >= 11 is 0. The smallest absolute Gasteiger partial charge is 0.342 e. The first-order valence-corrected chi connectivity index (χ1v) is 12.5. The highest BCUT2D eigenvalue weighted by atomic mass is 19.4. The van der Waals surface area contributed by atoms with Crippen molar-refractivity contribution in [2.24, 2.45) is 5.41 Å². The highest BCUT2D eigenvalue weighted by Gasteiger charge is 2.61. The van der Waals surface area contributed by atoms with Gasteiger partial charge in [-0.15, -0.1) is 0 Å². The van der Waals surface area contributed by atoms with Crippen LogP contribution in [0.5, 0.6) is 0 Å². The van der Waals surface area contributed by atoms with Crippen molar-refractivity contribution in [1.29, 1.82) is 0 Å². The monoisotopic (exact) mass is 552 g/mol. The molecule has 9 nitrogen and oxygen atoms in total. The van der Waals surface area contributed by atoms with Crippen molar-refractivity contribution in [2.45, 2.75) is 82.0 Å². The third-order valence-corrected chi connectivity index (χ3v) is 7.55. The Morgan fingerprint density at radius 2 is 1.82 bits per heavy atom. The summed E-state index contributed by atoms with van der Waals surface area (Å²) in [5, 5.41) is 6.84. The van der Waals surface area contributed by atoms with Crippen LogP contribution in [-0.4, -0.2) is 65.2 Å². The van der Waals surface area contributed by atoms with Crippen molar-refractivity contribution in [2.75, 3.05) is 11.9 Å². The van der Waals surface area contributed by atoms with Crippen molar-refractivity contribution >= 4 is 29.3 Å². The molecule has 1 spiro atoms. The van der Waals surface area contributed by atoms with Crippen LogP contribution >= 0.6 is 0 Å². The molecule has 3 N–H and O–H groups in total. The zero-order valence-corrected chi connectivity index (χ0v) is 21.7. The maximum Gasteiger partial charge on any atom is 0.471 e. The van der Waals surface area contributed by atoms with Crippen molar-refractivity contribution < 1.29 is 36.7 Å². The van der Waals surface area contributed by atoms with E-state index in [4.69, 9.17) is 6.57 Å². The first-order valence-electron chi connectivity index (χ1n) is 12.5. The minimum absolute atomic E-state index is 0.0474. The Labute approximate surface area is 222 Å². The summed E-state index contributed by atoms with van der Waals surface area (Å²) in [7, 11) is 0. The summed E-state index contributed by atoms with van der Waals surface area (Å²) in [4.78, 5) is 56.7. The van der Waals surface area contributed by atoms with Crippen molar-refractivity contribution in [3.8, 4) is 6.57 Å². The first kappa shape index (κ1) is 28.3. The molecular formula is C26H30F4N5O4+. The standard InChI is InChI=1S/C26H29F4N5O4/c1-23(2,3)18(34-22(39)26(28,29)30)19(36)32-16(11-24(27)9-10-24)20(37)35-13-25(12-17(35)31-4)14-7-5-6-8-15(14)33-21(25)38/h4-8,16-18H,9-13H2,1-3H3,(H2-,32,33,34,36,38,39)/p+1/t16-,17+,18-,25+/m1/s1. The van der Waals surface area contributed by atoms with Crippen LogP contribution in [0.1, 0.15) is 52.0 Å². The SMILES string of the molecule is C#[N+][C@@H]1C[C@@]2(CN1C(=O)[C@@H](CC1(F)CC1)NC(=O)[C@@H](NC(=O)C(F)(F)F)C(C)(C)C)C(=O)Nc1ccccc12. The second-order valence-corrected chi connectivity index (χ2v) is 11.6. The number of carbonyl (C=O) groups excluding carboxylic acids is 4. The number of para-hydroxylation sites is 1. The molecule has 1 aliphatic carbocycles. The predicted molar refractivity (Wildman–Crippen MR) is 132 cm³/mol. The molecule has 1 saturated heterocycles. The molecule has 0 unspecified atom stereocenters. The summed E-state index contributed by atoms with van der Waals surface area (Å²) in [6, 6.07) is 3.75. The number of fused-ring (bicyclic) bond motifs is 2. The van der Waals surface area contributed by atoms with Crippen LogP contribution in [0.2, 0.25) is 0 Å². The number of alkyl halides is 4. The van der Waals surface area contributed by atoms with E-state index in [0.29, 0.717) is 11.3 Å². The van der Waals surface area contributed by atoms with Crippen LogP contribution in [0.15, 0.2) is 24.3 Å². The molecular weight excluding hydrogens is 522 g/mol. The summed E-state index contributed by atoms with van der Waals surface area (Å²) < 4.78 is 53.8. The van der Waals surface area contributed by atoms with Gasteiger partial charge in [0, 0.05) is 18.7 Å². The Kier molecular flexibility index (Phi) is 6.90. The molecule has 210 valence electrons. The van der Waals surface area contributed by atoms with Gasteiger partial charge in [-0.05, 0) is 29.9 Å². The number of carbonyl (C=O) groups is 4. The van der Waals surface area contributed by atoms with Crippen LogP contribution in [0.25, 0.3) is 4.85 Å². The van der Waals surface area contributed by atoms with Gasteiger partial charge >= 0.3 is 18.2 Å². The third-order valence-electron chi connectivity index (χ3n) is 7.55. The van der Waals surface area contributed by atoms with Gasteiger partial charge < -0.3 is 16.0 Å². The molecule has 13 heteroatoms. The van der Waals surface area contributed by atoms with E-state index in [1.54, 1.807) is 29.6 Å². The maximum absolute atomic E-state index is 14.9. The first-order chi connectivity index (χ1) is 18.0. The van der Waals surface area contributed by atoms with Crippen LogP contribution in [0.4, 0.5) is 23.2 Å². The second kappa shape index (κ2) is 9.50. The van der Waals surface area contributed by atoms with Gasteiger partial charge in [-0.25, -0.2) is 4.39 Å². The molecule has 2 fully saturated rings. The lowest BCUT2D eigenvalue weighted by Crippen LogP contribution is -2.60. The highest BCUT2D eigenvalue weighted by Crippen LogP contribution is 2.48. The van der Waals surface area contributed by atoms with Gasteiger partial charge in [-0.3, -0.25) is 24.1 Å². The highest BCUT2D eigenvalue weighted by molar-refractivity contribution is 6.07. The molecule has 4 rings (SSSR count). The lowest BCUT2D eigenvalue weighted by Gasteiger charge is -2.33. The van der Waals surface area contributed by atoms with E-state index < -0.39 is 65.1 Å². The number of likely N-dealkylation sites (tertiary alicyclic amines) is 1. The number of halogens is 4. The average Bonchev–Trinajstić information content (AvgIpc) is 3.33. The van der Waals surface area contributed by atoms with E-state index in [9.17, 15) is 36.7 Å². The Bertz CT molecular complexity index is 1250. The zero-order chi connectivity index (χ0) is 29.0. The van der Waals surface area contributed by atoms with Gasteiger partial charge in [0.15, 0.2) is 0 Å². The number of amides is 4. The number of hydrogen-bond acceptors (Lipinski definition) is 4. The minimum atomic E-state index is -5.24. The number of rotatable bonds is 6. The summed E-state index contributed by atoms with van der Waals surface area (Å²) in [5.74, 6) is -4.55. The van der Waals surface area contributed by atoms with Gasteiger partial charge in [0.05, 0.1) is 6.42 Å². The summed E-state index contributed by atoms with van der Waals surface area (Å²) in [6.45, 7) is 9.76. The Hall–Kier alpha value is -3.69. The minimum Gasteiger partial charge on any atom is -0.342 e. The quantitative estimate of drug-likeness (QED) is 0.472. The van der Waals surface area contributed by atoms with Gasteiger partial charge in [0.1, 0.15) is 23.2 Å². The van der Waals surface area contributed by atoms with E-state index in [1.807, 2.05) is 0 Å². The van der Waals surface area contributed by atoms with Crippen LogP contribution < -0.4 is 16.0 Å². The number of nitrogens with one attached hydrogen (secondary N) is 3. The molecule has 0 radical (unpaired) electrons. The van der Waals surface area contributed by atoms with Gasteiger partial charge in [-0.1, -0.05) is 43.8 Å². The largest absolute Gasteiger partial charge is 0.471 e. The summed E-state index contributed by atoms with van der Waals surface area (Å²) in [5.41, 5.74) is -2.89. The molecule has 2 heterocycles. The second-order valence-electron chi connectivity index (χ2n) is 11.6. The molecule has 0 bridgehead atoms. The van der Waals surface area contributed by atoms with Crippen molar-refractivity contribution in [3.05, 3.63) is 34.7 Å². The zero-order valence-electron chi connectivity index (χ0n) is 21.7. The van der Waals surface area contributed by atoms with Crippen molar-refractivity contribution in [3.63, 3.8) is 0 Å². The molecule has 0 aromatic heterocycles. The molecule has 1 saturated carbocycles. The molecule has 2 aliphatic heterocycles. The van der Waals surface area contributed by atoms with E-state index in [-0.39, 0.29) is 31.7 Å². The van der Waals surface area contributed by atoms with Crippen molar-refractivity contribution in [1.82, 2.24) is 15.5 Å². The third kappa shape index (κ3) is 5.42. The number of benzene rings is 1. The topological polar surface area (TPSA) is 112 Å². The van der Waals surface area contributed by atoms with Gasteiger partial charge in [-0.2, -0.15) is 13.2 Å². The van der Waals surface area contributed by atoms with Crippen LogP contribution in [0, 0.1) is 12.0 Å². The lowest BCUT2D eigenvalue weighted by molar-refractivity contribution is -0.175. The Morgan fingerprint density at radius 3 is 2.38 bits per heavy atom. The fraction of sp³-hybridized carbons (Fsp3) is 0.577. The van der Waals surface area contributed by atoms with E-state index in [1.165, 1.54) is 25.7 Å². The van der Waals surface area contributed by atoms with E-state index in [0.717, 1.165) is 0 Å². The number of anilines is 1. The van der Waals surface area contributed by atoms with Gasteiger partial charge in [0.2, 0.25) is 11.8 Å². The normalized spacial score (nSPS) is 24.8. The molecule has 4 amide bonds. The maximum atomic E-state index is 14.9.